The molecule has 0 bridgehead atoms. The quantitative estimate of drug-likeness (QED) is 0.838. The van der Waals surface area contributed by atoms with E-state index in [4.69, 9.17) is 10.8 Å². The van der Waals surface area contributed by atoms with Gasteiger partial charge in [-0.2, -0.15) is 0 Å². The highest BCUT2D eigenvalue weighted by Gasteiger charge is 2.20. The van der Waals surface area contributed by atoms with Gasteiger partial charge >= 0.3 is 5.97 Å². The number of primary amides is 1. The predicted octanol–water partition coefficient (Wildman–Crippen LogP) is 1.05. The summed E-state index contributed by atoms with van der Waals surface area (Å²) in [6.45, 7) is 0. The van der Waals surface area contributed by atoms with E-state index < -0.39 is 17.9 Å². The number of carbonyl (C=O) groups excluding carboxylic acids is 1. The summed E-state index contributed by atoms with van der Waals surface area (Å²) in [6, 6.07) is 4.58. The molecule has 98 valence electrons. The minimum atomic E-state index is -1.07. The molecule has 6 heteroatoms. The van der Waals surface area contributed by atoms with Gasteiger partial charge in [-0.05, 0) is 29.3 Å². The van der Waals surface area contributed by atoms with Crippen LogP contribution in [-0.2, 0) is 9.59 Å². The lowest BCUT2D eigenvalue weighted by molar-refractivity contribution is -0.140. The molecule has 6 nitrogen and oxygen atoms in total. The molecule has 1 amide bonds. The fourth-order valence-electron chi connectivity index (χ4n) is 1.84. The van der Waals surface area contributed by atoms with Crippen molar-refractivity contribution < 1.29 is 14.7 Å². The third kappa shape index (κ3) is 2.98. The summed E-state index contributed by atoms with van der Waals surface area (Å²) < 4.78 is 1.52. The summed E-state index contributed by atoms with van der Waals surface area (Å²) in [6.07, 6.45) is 6.34. The van der Waals surface area contributed by atoms with E-state index in [1.165, 1.54) is 4.57 Å². The lowest BCUT2D eigenvalue weighted by Crippen LogP contribution is -2.27. The highest BCUT2D eigenvalue weighted by molar-refractivity contribution is 5.83. The van der Waals surface area contributed by atoms with Gasteiger partial charge < -0.3 is 15.4 Å². The second kappa shape index (κ2) is 5.34. The maximum Gasteiger partial charge on any atom is 0.306 e. The van der Waals surface area contributed by atoms with Crippen LogP contribution >= 0.6 is 0 Å². The Bertz CT molecular complexity index is 592. The zero-order valence-corrected chi connectivity index (χ0v) is 10.1. The highest BCUT2D eigenvalue weighted by atomic mass is 16.4. The molecule has 0 saturated heterocycles. The van der Waals surface area contributed by atoms with Crippen molar-refractivity contribution in [2.75, 3.05) is 0 Å². The standard InChI is InChI=1S/C13H13N3O3/c14-13(19)11(7-12(17)18)16-6-3-10(8-16)9-1-4-15-5-2-9/h1-6,8,11H,7H2,(H2,14,19)(H,17,18)/t11-/m1/s1. The molecule has 2 heterocycles. The number of carbonyl (C=O) groups is 2. The fraction of sp³-hybridized carbons (Fsp3) is 0.154. The van der Waals surface area contributed by atoms with Crippen LogP contribution in [0, 0.1) is 0 Å². The van der Waals surface area contributed by atoms with Gasteiger partial charge in [0.1, 0.15) is 6.04 Å². The Morgan fingerprint density at radius 2 is 1.95 bits per heavy atom. The van der Waals surface area contributed by atoms with Crippen molar-refractivity contribution in [3.63, 3.8) is 0 Å². The molecule has 2 aromatic rings. The van der Waals surface area contributed by atoms with Crippen LogP contribution in [0.1, 0.15) is 12.5 Å². The number of hydrogen-bond acceptors (Lipinski definition) is 3. The van der Waals surface area contributed by atoms with Crippen LogP contribution in [0.25, 0.3) is 11.1 Å². The third-order valence-corrected chi connectivity index (χ3v) is 2.78. The van der Waals surface area contributed by atoms with Gasteiger partial charge in [0.2, 0.25) is 5.91 Å². The molecule has 0 aliphatic carbocycles. The Kier molecular flexibility index (Phi) is 3.61. The summed E-state index contributed by atoms with van der Waals surface area (Å²) in [5.41, 5.74) is 7.04. The van der Waals surface area contributed by atoms with Crippen molar-refractivity contribution in [2.45, 2.75) is 12.5 Å². The molecule has 2 aromatic heterocycles. The van der Waals surface area contributed by atoms with E-state index in [-0.39, 0.29) is 6.42 Å². The molecule has 2 rings (SSSR count). The van der Waals surface area contributed by atoms with Gasteiger partial charge in [0.05, 0.1) is 6.42 Å². The summed E-state index contributed by atoms with van der Waals surface area (Å²) in [5, 5.41) is 8.79. The first-order valence-electron chi connectivity index (χ1n) is 5.67. The second-order valence-corrected chi connectivity index (χ2v) is 4.10. The van der Waals surface area contributed by atoms with E-state index in [1.54, 1.807) is 30.9 Å². The number of nitrogens with two attached hydrogens (primary N) is 1. The molecule has 0 fully saturated rings. The molecule has 0 spiro atoms. The van der Waals surface area contributed by atoms with Gasteiger partial charge in [0, 0.05) is 24.8 Å². The summed E-state index contributed by atoms with van der Waals surface area (Å²) in [4.78, 5) is 26.0. The maximum absolute atomic E-state index is 11.3. The largest absolute Gasteiger partial charge is 0.481 e. The third-order valence-electron chi connectivity index (χ3n) is 2.78. The molecular weight excluding hydrogens is 246 g/mol. The zero-order valence-electron chi connectivity index (χ0n) is 10.1. The monoisotopic (exact) mass is 259 g/mol. The molecule has 0 aliphatic heterocycles. The Balaban J connectivity index is 2.29. The molecule has 0 radical (unpaired) electrons. The minimum Gasteiger partial charge on any atom is -0.481 e. The Morgan fingerprint density at radius 1 is 1.26 bits per heavy atom. The normalized spacial score (nSPS) is 12.0. The topological polar surface area (TPSA) is 98.2 Å². The number of nitrogens with zero attached hydrogens (tertiary/aromatic N) is 2. The van der Waals surface area contributed by atoms with Crippen molar-refractivity contribution in [3.05, 3.63) is 43.0 Å². The average molecular weight is 259 g/mol. The van der Waals surface area contributed by atoms with E-state index in [1.807, 2.05) is 12.1 Å². The van der Waals surface area contributed by atoms with Crippen LogP contribution < -0.4 is 5.73 Å². The molecule has 0 aromatic carbocycles. The van der Waals surface area contributed by atoms with Crippen LogP contribution in [0.3, 0.4) is 0 Å². The van der Waals surface area contributed by atoms with E-state index >= 15 is 0 Å². The lowest BCUT2D eigenvalue weighted by Gasteiger charge is -2.12. The van der Waals surface area contributed by atoms with Crippen molar-refractivity contribution in [3.8, 4) is 11.1 Å². The number of carboxylic acids is 1. The van der Waals surface area contributed by atoms with Gasteiger partial charge in [0.15, 0.2) is 0 Å². The van der Waals surface area contributed by atoms with E-state index in [2.05, 4.69) is 4.98 Å². The van der Waals surface area contributed by atoms with Gasteiger partial charge in [-0.1, -0.05) is 0 Å². The Labute approximate surface area is 109 Å². The number of hydrogen-bond donors (Lipinski definition) is 2. The van der Waals surface area contributed by atoms with Crippen LogP contribution in [0.2, 0.25) is 0 Å². The average Bonchev–Trinajstić information content (AvgIpc) is 2.86. The number of aliphatic carboxylic acids is 1. The van der Waals surface area contributed by atoms with Crippen LogP contribution in [0.15, 0.2) is 43.0 Å². The number of aromatic nitrogens is 2. The molecule has 0 saturated carbocycles. The molecule has 0 aliphatic rings. The van der Waals surface area contributed by atoms with Crippen molar-refractivity contribution >= 4 is 11.9 Å². The first-order valence-corrected chi connectivity index (χ1v) is 5.67. The Hall–Kier alpha value is -2.63. The molecule has 19 heavy (non-hydrogen) atoms. The van der Waals surface area contributed by atoms with Crippen molar-refractivity contribution in [2.24, 2.45) is 5.73 Å². The Morgan fingerprint density at radius 3 is 2.53 bits per heavy atom. The number of rotatable bonds is 5. The first-order chi connectivity index (χ1) is 9.08. The highest BCUT2D eigenvalue weighted by Crippen LogP contribution is 2.22. The van der Waals surface area contributed by atoms with E-state index in [9.17, 15) is 9.59 Å². The zero-order chi connectivity index (χ0) is 13.8. The summed E-state index contributed by atoms with van der Waals surface area (Å²) in [5.74, 6) is -1.73. The smallest absolute Gasteiger partial charge is 0.306 e. The number of amides is 1. The summed E-state index contributed by atoms with van der Waals surface area (Å²) >= 11 is 0. The summed E-state index contributed by atoms with van der Waals surface area (Å²) in [7, 11) is 0. The second-order valence-electron chi connectivity index (χ2n) is 4.10. The first kappa shape index (κ1) is 12.8. The van der Waals surface area contributed by atoms with Crippen molar-refractivity contribution in [1.82, 2.24) is 9.55 Å². The van der Waals surface area contributed by atoms with E-state index in [0.717, 1.165) is 11.1 Å². The predicted molar refractivity (Wildman–Crippen MR) is 68.1 cm³/mol. The minimum absolute atomic E-state index is 0.334. The SMILES string of the molecule is NC(=O)[C@@H](CC(=O)O)n1ccc(-c2ccncc2)c1. The van der Waals surface area contributed by atoms with Gasteiger partial charge in [-0.25, -0.2) is 0 Å². The lowest BCUT2D eigenvalue weighted by atomic mass is 10.1. The van der Waals surface area contributed by atoms with Crippen LogP contribution in [0.5, 0.6) is 0 Å². The number of pyridine rings is 1. The van der Waals surface area contributed by atoms with Crippen LogP contribution in [-0.4, -0.2) is 26.5 Å². The van der Waals surface area contributed by atoms with E-state index in [0.29, 0.717) is 0 Å². The van der Waals surface area contributed by atoms with Gasteiger partial charge in [0.25, 0.3) is 0 Å². The molecule has 3 N–H and O–H groups in total. The molecule has 1 atom stereocenters. The number of carboxylic acid groups (broad SMARTS) is 1. The molecular formula is C13H13N3O3. The maximum atomic E-state index is 11.3. The van der Waals surface area contributed by atoms with Crippen LogP contribution in [0.4, 0.5) is 0 Å². The van der Waals surface area contributed by atoms with Gasteiger partial charge in [-0.15, -0.1) is 0 Å². The molecule has 0 unspecified atom stereocenters. The van der Waals surface area contributed by atoms with Gasteiger partial charge in [-0.3, -0.25) is 14.6 Å². The van der Waals surface area contributed by atoms with Crippen molar-refractivity contribution in [1.29, 1.82) is 0 Å². The fourth-order valence-corrected chi connectivity index (χ4v) is 1.84.